The number of urea groups is 1. The summed E-state index contributed by atoms with van der Waals surface area (Å²) in [4.78, 5) is 17.8. The number of nitrogens with zero attached hydrogens (tertiary/aromatic N) is 2. The molecule has 158 valence electrons. The summed E-state index contributed by atoms with van der Waals surface area (Å²) in [5, 5.41) is 3.18. The highest BCUT2D eigenvalue weighted by molar-refractivity contribution is 5.90. The van der Waals surface area contributed by atoms with Crippen molar-refractivity contribution in [2.75, 3.05) is 38.0 Å². The molecule has 4 nitrogen and oxygen atoms in total. The van der Waals surface area contributed by atoms with Gasteiger partial charge in [0.1, 0.15) is 0 Å². The van der Waals surface area contributed by atoms with Crippen LogP contribution in [0.25, 0.3) is 0 Å². The molecule has 0 aromatic heterocycles. The third-order valence-electron chi connectivity index (χ3n) is 7.76. The molecule has 5 rings (SSSR count). The lowest BCUT2D eigenvalue weighted by Crippen LogP contribution is -2.51. The summed E-state index contributed by atoms with van der Waals surface area (Å²) in [5.41, 5.74) is 3.91. The second-order valence-electron chi connectivity index (χ2n) is 9.89. The van der Waals surface area contributed by atoms with Crippen LogP contribution in [0.1, 0.15) is 51.5 Å². The van der Waals surface area contributed by atoms with Gasteiger partial charge in [-0.05, 0) is 74.6 Å². The molecule has 4 heteroatoms. The van der Waals surface area contributed by atoms with Crippen molar-refractivity contribution in [2.45, 2.75) is 52.9 Å². The molecule has 0 spiro atoms. The molecule has 29 heavy (non-hydrogen) atoms. The monoisotopic (exact) mass is 395 g/mol. The van der Waals surface area contributed by atoms with Gasteiger partial charge in [-0.25, -0.2) is 4.79 Å². The highest BCUT2D eigenvalue weighted by Gasteiger charge is 2.51. The van der Waals surface area contributed by atoms with E-state index in [0.29, 0.717) is 11.3 Å². The number of hydrogen-bond acceptors (Lipinski definition) is 2. The summed E-state index contributed by atoms with van der Waals surface area (Å²) in [6.45, 7) is 11.8. The van der Waals surface area contributed by atoms with E-state index in [4.69, 9.17) is 0 Å². The molecule has 2 fully saturated rings. The van der Waals surface area contributed by atoms with Gasteiger partial charge in [0.2, 0.25) is 0 Å². The van der Waals surface area contributed by atoms with Gasteiger partial charge in [0, 0.05) is 25.3 Å². The number of benzene rings is 1. The highest BCUT2D eigenvalue weighted by Crippen LogP contribution is 2.59. The molecule has 1 aliphatic heterocycles. The van der Waals surface area contributed by atoms with E-state index in [2.05, 4.69) is 35.0 Å². The Morgan fingerprint density at radius 1 is 1.21 bits per heavy atom. The Bertz CT molecular complexity index is 763. The summed E-state index contributed by atoms with van der Waals surface area (Å²) in [6.07, 6.45) is 8.84. The van der Waals surface area contributed by atoms with Gasteiger partial charge in [0.05, 0.1) is 0 Å². The number of hydrogen-bond donors (Lipinski definition) is 1. The predicted octanol–water partition coefficient (Wildman–Crippen LogP) is 5.31. The maximum Gasteiger partial charge on any atom is 0.322 e. The number of para-hydroxylation sites is 1. The Kier molecular flexibility index (Phi) is 6.00. The van der Waals surface area contributed by atoms with Gasteiger partial charge in [0.15, 0.2) is 0 Å². The van der Waals surface area contributed by atoms with Crippen molar-refractivity contribution in [1.82, 2.24) is 9.80 Å². The van der Waals surface area contributed by atoms with E-state index < -0.39 is 0 Å². The minimum absolute atomic E-state index is 0.0384. The van der Waals surface area contributed by atoms with Gasteiger partial charge in [-0.1, -0.05) is 50.1 Å². The van der Waals surface area contributed by atoms with Gasteiger partial charge < -0.3 is 15.1 Å². The van der Waals surface area contributed by atoms with E-state index in [-0.39, 0.29) is 6.03 Å². The second kappa shape index (κ2) is 8.51. The summed E-state index contributed by atoms with van der Waals surface area (Å²) < 4.78 is 0. The first-order chi connectivity index (χ1) is 13.9. The normalized spacial score (nSPS) is 25.7. The van der Waals surface area contributed by atoms with Crippen LogP contribution in [-0.4, -0.2) is 48.6 Å². The number of piperidine rings is 1. The Balaban J connectivity index is 1.45. The first-order valence-electron chi connectivity index (χ1n) is 11.5. The summed E-state index contributed by atoms with van der Waals surface area (Å²) in [6, 6.07) is 8.09. The summed E-state index contributed by atoms with van der Waals surface area (Å²) >= 11 is 0. The molecule has 1 aromatic carbocycles. The van der Waals surface area contributed by atoms with Crippen molar-refractivity contribution in [2.24, 2.45) is 17.3 Å². The van der Waals surface area contributed by atoms with Gasteiger partial charge in [-0.15, -0.1) is 0 Å². The number of allylic oxidation sites excluding steroid dienone is 1. The van der Waals surface area contributed by atoms with Crippen molar-refractivity contribution < 1.29 is 4.79 Å². The van der Waals surface area contributed by atoms with E-state index >= 15 is 0 Å². The van der Waals surface area contributed by atoms with Crippen LogP contribution in [0, 0.1) is 24.2 Å². The molecule has 1 heterocycles. The predicted molar refractivity (Wildman–Crippen MR) is 120 cm³/mol. The van der Waals surface area contributed by atoms with Crippen LogP contribution in [-0.2, 0) is 0 Å². The highest BCUT2D eigenvalue weighted by atomic mass is 16.2. The summed E-state index contributed by atoms with van der Waals surface area (Å²) in [5.74, 6) is 1.48. The molecule has 2 bridgehead atoms. The third kappa shape index (κ3) is 4.37. The van der Waals surface area contributed by atoms with E-state index in [0.717, 1.165) is 36.8 Å². The minimum atomic E-state index is 0.0384. The zero-order valence-electron chi connectivity index (χ0n) is 18.4. The molecule has 1 N–H and O–H groups in total. The molecule has 1 aromatic rings. The second-order valence-corrected chi connectivity index (χ2v) is 9.89. The van der Waals surface area contributed by atoms with Crippen LogP contribution in [0.15, 0.2) is 35.9 Å². The summed E-state index contributed by atoms with van der Waals surface area (Å²) in [7, 11) is 0. The van der Waals surface area contributed by atoms with Gasteiger partial charge in [0.25, 0.3) is 0 Å². The number of rotatable bonds is 6. The largest absolute Gasteiger partial charge is 0.322 e. The number of nitrogens with one attached hydrogen (secondary N) is 1. The van der Waals surface area contributed by atoms with Gasteiger partial charge in [-0.2, -0.15) is 0 Å². The van der Waals surface area contributed by atoms with Crippen LogP contribution < -0.4 is 5.32 Å². The van der Waals surface area contributed by atoms with E-state index in [1.165, 1.54) is 50.8 Å². The molecule has 4 aliphatic rings. The van der Waals surface area contributed by atoms with E-state index in [9.17, 15) is 4.79 Å². The van der Waals surface area contributed by atoms with E-state index in [1.54, 1.807) is 0 Å². The Morgan fingerprint density at radius 2 is 1.97 bits per heavy atom. The van der Waals surface area contributed by atoms with E-state index in [1.807, 2.05) is 31.2 Å². The molecule has 1 saturated carbocycles. The zero-order valence-corrected chi connectivity index (χ0v) is 18.4. The molecule has 2 amide bonds. The topological polar surface area (TPSA) is 35.6 Å². The molecule has 2 atom stereocenters. The number of fused-ring (bicyclic) bond motifs is 1. The zero-order chi connectivity index (χ0) is 20.4. The minimum Gasteiger partial charge on any atom is -0.319 e. The molecule has 3 aliphatic carbocycles. The number of aryl methyl sites for hydroxylation is 1. The molecular formula is C25H37N3O. The number of carbonyl (C=O) groups is 1. The standard InChI is InChI=1S/C25H37N3O/c1-19-9-5-6-10-23(19)26-24(29)28(16-15-27-13-7-4-8-14-27)18-20-11-12-21-17-22(20)25(21,2)3/h5-6,9-11,21-22H,4,7-8,12-18H2,1-3H3,(H,26,29). The SMILES string of the molecule is Cc1ccccc1NC(=O)N(CCN1CCCCC1)CC1=CCC2CC1C2(C)C. The third-order valence-corrected chi connectivity index (χ3v) is 7.76. The Morgan fingerprint density at radius 3 is 2.66 bits per heavy atom. The number of amides is 2. The Hall–Kier alpha value is -1.81. The van der Waals surface area contributed by atoms with Crippen molar-refractivity contribution in [3.63, 3.8) is 0 Å². The van der Waals surface area contributed by atoms with Crippen molar-refractivity contribution >= 4 is 11.7 Å². The smallest absolute Gasteiger partial charge is 0.319 e. The molecular weight excluding hydrogens is 358 g/mol. The van der Waals surface area contributed by atoms with Crippen molar-refractivity contribution in [3.05, 3.63) is 41.5 Å². The van der Waals surface area contributed by atoms with Crippen LogP contribution in [0.4, 0.5) is 10.5 Å². The molecule has 2 unspecified atom stereocenters. The number of carbonyl (C=O) groups excluding carboxylic acids is 1. The maximum absolute atomic E-state index is 13.3. The average molecular weight is 396 g/mol. The fourth-order valence-electron chi connectivity index (χ4n) is 5.48. The first kappa shape index (κ1) is 20.5. The first-order valence-corrected chi connectivity index (χ1v) is 11.5. The maximum atomic E-state index is 13.3. The van der Waals surface area contributed by atoms with Crippen LogP contribution >= 0.6 is 0 Å². The average Bonchev–Trinajstić information content (AvgIpc) is 2.73. The lowest BCUT2D eigenvalue weighted by atomic mass is 9.49. The fraction of sp³-hybridized carbons (Fsp3) is 0.640. The van der Waals surface area contributed by atoms with Crippen LogP contribution in [0.5, 0.6) is 0 Å². The van der Waals surface area contributed by atoms with Gasteiger partial charge >= 0.3 is 6.03 Å². The molecule has 0 radical (unpaired) electrons. The number of likely N-dealkylation sites (tertiary alicyclic amines) is 1. The van der Waals surface area contributed by atoms with Crippen LogP contribution in [0.2, 0.25) is 0 Å². The van der Waals surface area contributed by atoms with Gasteiger partial charge in [-0.3, -0.25) is 0 Å². The van der Waals surface area contributed by atoms with Crippen LogP contribution in [0.3, 0.4) is 0 Å². The lowest BCUT2D eigenvalue weighted by molar-refractivity contribution is -0.00966. The lowest BCUT2D eigenvalue weighted by Gasteiger charge is -2.57. The van der Waals surface area contributed by atoms with Crippen molar-refractivity contribution in [1.29, 1.82) is 0 Å². The Labute approximate surface area is 176 Å². The van der Waals surface area contributed by atoms with Crippen molar-refractivity contribution in [3.8, 4) is 0 Å². The quantitative estimate of drug-likeness (QED) is 0.663. The number of anilines is 1. The fourth-order valence-corrected chi connectivity index (χ4v) is 5.48. The molecule has 1 saturated heterocycles.